The summed E-state index contributed by atoms with van der Waals surface area (Å²) in [6.07, 6.45) is 2.11. The third kappa shape index (κ3) is 3.65. The Morgan fingerprint density at radius 1 is 1.47 bits per heavy atom. The first-order valence-corrected chi connectivity index (χ1v) is 7.08. The summed E-state index contributed by atoms with van der Waals surface area (Å²) >= 11 is 1.71. The highest BCUT2D eigenvalue weighted by Gasteiger charge is 2.14. The van der Waals surface area contributed by atoms with Crippen LogP contribution in [0.15, 0.2) is 34.1 Å². The summed E-state index contributed by atoms with van der Waals surface area (Å²) in [6.45, 7) is 2.64. The van der Waals surface area contributed by atoms with Crippen LogP contribution in [0, 0.1) is 10.1 Å². The molecule has 0 amide bonds. The molecule has 0 aromatic carbocycles. The van der Waals surface area contributed by atoms with Gasteiger partial charge in [-0.3, -0.25) is 10.1 Å². The van der Waals surface area contributed by atoms with Gasteiger partial charge in [0.25, 0.3) is 0 Å². The second kappa shape index (κ2) is 6.49. The van der Waals surface area contributed by atoms with E-state index in [-0.39, 0.29) is 11.9 Å². The summed E-state index contributed by atoms with van der Waals surface area (Å²) < 4.78 is 5.13. The number of rotatable bonds is 7. The number of nitrogens with zero attached hydrogens (tertiary/aromatic N) is 1. The van der Waals surface area contributed by atoms with E-state index in [1.54, 1.807) is 17.4 Å². The molecule has 0 saturated heterocycles. The van der Waals surface area contributed by atoms with Crippen molar-refractivity contribution in [2.45, 2.75) is 32.4 Å². The molecule has 1 unspecified atom stereocenters. The lowest BCUT2D eigenvalue weighted by Crippen LogP contribution is -2.19. The average Bonchev–Trinajstić information content (AvgIpc) is 3.05. The number of hydrogen-bond donors (Lipinski definition) is 1. The van der Waals surface area contributed by atoms with Gasteiger partial charge >= 0.3 is 5.88 Å². The van der Waals surface area contributed by atoms with Gasteiger partial charge in [0, 0.05) is 10.9 Å². The first kappa shape index (κ1) is 13.8. The molecule has 0 saturated carbocycles. The molecule has 2 heterocycles. The molecule has 102 valence electrons. The van der Waals surface area contributed by atoms with E-state index in [1.165, 1.54) is 10.9 Å². The van der Waals surface area contributed by atoms with Crippen molar-refractivity contribution in [2.75, 3.05) is 0 Å². The van der Waals surface area contributed by atoms with E-state index in [9.17, 15) is 10.1 Å². The van der Waals surface area contributed by atoms with Crippen LogP contribution < -0.4 is 5.32 Å². The van der Waals surface area contributed by atoms with Gasteiger partial charge in [-0.15, -0.1) is 11.3 Å². The Morgan fingerprint density at radius 3 is 2.89 bits per heavy atom. The van der Waals surface area contributed by atoms with Crippen molar-refractivity contribution in [3.05, 3.63) is 50.4 Å². The predicted molar refractivity (Wildman–Crippen MR) is 74.2 cm³/mol. The molecule has 19 heavy (non-hydrogen) atoms. The van der Waals surface area contributed by atoms with Gasteiger partial charge in [-0.25, -0.2) is 0 Å². The van der Waals surface area contributed by atoms with Crippen molar-refractivity contribution in [2.24, 2.45) is 0 Å². The van der Waals surface area contributed by atoms with Crippen LogP contribution >= 0.6 is 11.3 Å². The van der Waals surface area contributed by atoms with E-state index in [0.717, 1.165) is 12.8 Å². The number of furan rings is 1. The molecule has 0 spiro atoms. The predicted octanol–water partition coefficient (Wildman–Crippen LogP) is 3.88. The van der Waals surface area contributed by atoms with Gasteiger partial charge in [0.15, 0.2) is 0 Å². The van der Waals surface area contributed by atoms with Crippen molar-refractivity contribution < 1.29 is 9.34 Å². The monoisotopic (exact) mass is 280 g/mol. The number of nitrogens with one attached hydrogen (secondary N) is 1. The van der Waals surface area contributed by atoms with Gasteiger partial charge in [-0.2, -0.15) is 0 Å². The molecule has 0 fully saturated rings. The third-order valence-corrected chi connectivity index (χ3v) is 3.80. The fourth-order valence-corrected chi connectivity index (χ4v) is 2.74. The SMILES string of the molecule is CCCC(NCc1ccc([N+](=O)[O-])o1)c1cccs1. The van der Waals surface area contributed by atoms with E-state index in [0.29, 0.717) is 12.3 Å². The second-order valence-electron chi connectivity index (χ2n) is 4.23. The van der Waals surface area contributed by atoms with Crippen molar-refractivity contribution >= 4 is 17.2 Å². The molecule has 6 heteroatoms. The van der Waals surface area contributed by atoms with Gasteiger partial charge in [-0.1, -0.05) is 19.4 Å². The molecule has 5 nitrogen and oxygen atoms in total. The summed E-state index contributed by atoms with van der Waals surface area (Å²) in [7, 11) is 0. The Hall–Kier alpha value is -1.66. The summed E-state index contributed by atoms with van der Waals surface area (Å²) in [5.41, 5.74) is 0. The molecular weight excluding hydrogens is 264 g/mol. The molecule has 0 radical (unpaired) electrons. The van der Waals surface area contributed by atoms with Gasteiger partial charge < -0.3 is 9.73 Å². The minimum Gasteiger partial charge on any atom is -0.404 e. The van der Waals surface area contributed by atoms with Crippen LogP contribution in [0.4, 0.5) is 5.88 Å². The van der Waals surface area contributed by atoms with Crippen molar-refractivity contribution in [3.63, 3.8) is 0 Å². The zero-order valence-corrected chi connectivity index (χ0v) is 11.5. The summed E-state index contributed by atoms with van der Waals surface area (Å²) in [4.78, 5) is 11.3. The Kier molecular flexibility index (Phi) is 4.70. The quantitative estimate of drug-likeness (QED) is 0.617. The fourth-order valence-electron chi connectivity index (χ4n) is 1.91. The molecule has 2 aromatic heterocycles. The minimum atomic E-state index is -0.522. The first-order chi connectivity index (χ1) is 9.20. The Balaban J connectivity index is 1.96. The van der Waals surface area contributed by atoms with Crippen LogP contribution in [0.1, 0.15) is 36.4 Å². The summed E-state index contributed by atoms with van der Waals surface area (Å²) in [6, 6.07) is 7.43. The van der Waals surface area contributed by atoms with Crippen LogP contribution in [0.3, 0.4) is 0 Å². The molecule has 0 bridgehead atoms. The third-order valence-electron chi connectivity index (χ3n) is 2.81. The smallest absolute Gasteiger partial charge is 0.404 e. The Labute approximate surface area is 115 Å². The minimum absolute atomic E-state index is 0.208. The summed E-state index contributed by atoms with van der Waals surface area (Å²) in [5, 5.41) is 16.0. The molecule has 0 aliphatic carbocycles. The first-order valence-electron chi connectivity index (χ1n) is 6.20. The van der Waals surface area contributed by atoms with Gasteiger partial charge in [-0.05, 0) is 23.9 Å². The molecule has 0 aliphatic rings. The Bertz CT molecular complexity index is 522. The van der Waals surface area contributed by atoms with Gasteiger partial charge in [0.1, 0.15) is 10.7 Å². The van der Waals surface area contributed by atoms with E-state index >= 15 is 0 Å². The maximum atomic E-state index is 10.5. The fraction of sp³-hybridized carbons (Fsp3) is 0.385. The second-order valence-corrected chi connectivity index (χ2v) is 5.21. The topological polar surface area (TPSA) is 68.3 Å². The lowest BCUT2D eigenvalue weighted by Gasteiger charge is -2.15. The molecule has 2 aromatic rings. The maximum absolute atomic E-state index is 10.5. The van der Waals surface area contributed by atoms with Crippen LogP contribution in [-0.2, 0) is 6.54 Å². The summed E-state index contributed by atoms with van der Waals surface area (Å²) in [5.74, 6) is 0.379. The molecule has 1 N–H and O–H groups in total. The lowest BCUT2D eigenvalue weighted by molar-refractivity contribution is -0.402. The number of nitro groups is 1. The molecule has 2 rings (SSSR count). The van der Waals surface area contributed by atoms with Gasteiger partial charge in [0.05, 0.1) is 12.6 Å². The average molecular weight is 280 g/mol. The lowest BCUT2D eigenvalue weighted by atomic mass is 10.1. The zero-order valence-electron chi connectivity index (χ0n) is 10.7. The van der Waals surface area contributed by atoms with Crippen molar-refractivity contribution in [3.8, 4) is 0 Å². The number of hydrogen-bond acceptors (Lipinski definition) is 5. The largest absolute Gasteiger partial charge is 0.433 e. The molecule has 0 aliphatic heterocycles. The van der Waals surface area contributed by atoms with E-state index < -0.39 is 4.92 Å². The maximum Gasteiger partial charge on any atom is 0.433 e. The highest BCUT2D eigenvalue weighted by molar-refractivity contribution is 7.10. The van der Waals surface area contributed by atoms with Crippen LogP contribution in [0.25, 0.3) is 0 Å². The van der Waals surface area contributed by atoms with Crippen molar-refractivity contribution in [1.82, 2.24) is 5.32 Å². The zero-order chi connectivity index (χ0) is 13.7. The number of thiophene rings is 1. The standard InChI is InChI=1S/C13H16N2O3S/c1-2-4-11(12-5-3-8-19-12)14-9-10-6-7-13(18-10)15(16)17/h3,5-8,11,14H,2,4,9H2,1H3. The molecular formula is C13H16N2O3S. The van der Waals surface area contributed by atoms with E-state index in [4.69, 9.17) is 4.42 Å². The van der Waals surface area contributed by atoms with E-state index in [1.807, 2.05) is 6.07 Å². The van der Waals surface area contributed by atoms with Crippen molar-refractivity contribution in [1.29, 1.82) is 0 Å². The van der Waals surface area contributed by atoms with Crippen LogP contribution in [0.5, 0.6) is 0 Å². The van der Waals surface area contributed by atoms with Crippen LogP contribution in [-0.4, -0.2) is 4.92 Å². The normalized spacial score (nSPS) is 12.5. The highest BCUT2D eigenvalue weighted by atomic mass is 32.1. The Morgan fingerprint density at radius 2 is 2.32 bits per heavy atom. The van der Waals surface area contributed by atoms with E-state index in [2.05, 4.69) is 23.7 Å². The van der Waals surface area contributed by atoms with Crippen LogP contribution in [0.2, 0.25) is 0 Å². The highest BCUT2D eigenvalue weighted by Crippen LogP contribution is 2.24. The van der Waals surface area contributed by atoms with Gasteiger partial charge in [0.2, 0.25) is 0 Å². The molecule has 1 atom stereocenters.